The monoisotopic (exact) mass is 390 g/mol. The molecule has 0 aromatic carbocycles. The van der Waals surface area contributed by atoms with Crippen LogP contribution in [0.4, 0.5) is 0 Å². The number of halogens is 1. The molecule has 6 nitrogen and oxygen atoms in total. The van der Waals surface area contributed by atoms with Crippen LogP contribution in [-0.4, -0.2) is 53.8 Å². The molecule has 0 aliphatic carbocycles. The molecule has 2 rings (SSSR count). The third-order valence-corrected chi connectivity index (χ3v) is 3.36. The van der Waals surface area contributed by atoms with Gasteiger partial charge in [0.1, 0.15) is 0 Å². The summed E-state index contributed by atoms with van der Waals surface area (Å²) < 4.78 is 5.33. The van der Waals surface area contributed by atoms with Gasteiger partial charge in [-0.15, -0.1) is 11.8 Å². The van der Waals surface area contributed by atoms with Crippen molar-refractivity contribution in [2.45, 2.75) is 6.54 Å². The van der Waals surface area contributed by atoms with E-state index in [0.29, 0.717) is 0 Å². The Morgan fingerprint density at radius 3 is 2.82 bits per heavy atom. The van der Waals surface area contributed by atoms with E-state index in [1.165, 1.54) is 17.3 Å². The van der Waals surface area contributed by atoms with Crippen molar-refractivity contribution in [2.24, 2.45) is 10.2 Å². The normalized spacial score (nSPS) is 16.5. The first-order valence-corrected chi connectivity index (χ1v) is 9.03. The van der Waals surface area contributed by atoms with Gasteiger partial charge in [-0.3, -0.25) is 15.0 Å². The van der Waals surface area contributed by atoms with E-state index in [1.54, 1.807) is 12.5 Å². The number of pyridine rings is 1. The van der Waals surface area contributed by atoms with E-state index in [2.05, 4.69) is 45.3 Å². The molecular weight excluding hydrogens is 373 g/mol. The van der Waals surface area contributed by atoms with Gasteiger partial charge in [0.25, 0.3) is 0 Å². The van der Waals surface area contributed by atoms with E-state index in [0.717, 1.165) is 38.5 Å². The summed E-state index contributed by atoms with van der Waals surface area (Å²) >= 11 is 4.91. The molecule has 22 heavy (non-hydrogen) atoms. The molecule has 1 aromatic heterocycles. The second-order valence-electron chi connectivity index (χ2n) is 4.33. The van der Waals surface area contributed by atoms with Crippen LogP contribution < -0.4 is 0 Å². The molecule has 0 saturated carbocycles. The van der Waals surface area contributed by atoms with Gasteiger partial charge in [-0.2, -0.15) is 0 Å². The molecule has 0 amide bonds. The van der Waals surface area contributed by atoms with Crippen LogP contribution in [0.2, 0.25) is 0 Å². The maximum absolute atomic E-state index is 7.33. The maximum atomic E-state index is 7.33. The Kier molecular flexibility index (Phi) is 10.5. The number of rotatable bonds is 4. The number of nitrogens with one attached hydrogen (secondary N) is 1. The number of morpholine rings is 1. The summed E-state index contributed by atoms with van der Waals surface area (Å²) in [6.07, 6.45) is 5.21. The molecule has 1 aliphatic heterocycles. The third-order valence-electron chi connectivity index (χ3n) is 2.89. The molecule has 1 N–H and O–H groups in total. The second kappa shape index (κ2) is 11.9. The molecule has 1 aliphatic rings. The van der Waals surface area contributed by atoms with Crippen LogP contribution >= 0.6 is 21.9 Å². The fourth-order valence-electron chi connectivity index (χ4n) is 1.80. The summed E-state index contributed by atoms with van der Waals surface area (Å²) in [6, 6.07) is 3.96. The molecule has 2 heterocycles. The minimum absolute atomic E-state index is 0.185. The first-order valence-electron chi connectivity index (χ1n) is 6.51. The van der Waals surface area contributed by atoms with E-state index in [1.807, 2.05) is 18.3 Å². The topological polar surface area (TPSA) is 73.9 Å². The van der Waals surface area contributed by atoms with Crippen LogP contribution in [0.25, 0.3) is 5.73 Å². The SMILES string of the molecule is CS/C([NH-])=N/N=C/c1ccc(CN2CCOCC2)cn1.[Cl][Cu+]. The molecule has 1 aromatic rings. The number of aromatic nitrogens is 1. The van der Waals surface area contributed by atoms with Gasteiger partial charge in [-0.1, -0.05) is 6.07 Å². The van der Waals surface area contributed by atoms with Crippen LogP contribution in [0, 0.1) is 0 Å². The Balaban J connectivity index is 0.00000116. The first-order chi connectivity index (χ1) is 10.8. The van der Waals surface area contributed by atoms with Gasteiger partial charge in [0, 0.05) is 25.8 Å². The van der Waals surface area contributed by atoms with Gasteiger partial charge in [-0.05, 0) is 23.1 Å². The summed E-state index contributed by atoms with van der Waals surface area (Å²) in [5.74, 6) is 0. The fraction of sp³-hybridized carbons (Fsp3) is 0.462. The predicted octanol–water partition coefficient (Wildman–Crippen LogP) is 2.71. The first kappa shape index (κ1) is 19.4. The summed E-state index contributed by atoms with van der Waals surface area (Å²) in [7, 11) is 4.20. The predicted molar refractivity (Wildman–Crippen MR) is 89.1 cm³/mol. The van der Waals surface area contributed by atoms with Gasteiger partial charge in [0.15, 0.2) is 0 Å². The Morgan fingerprint density at radius 2 is 2.23 bits per heavy atom. The molecule has 0 unspecified atom stereocenters. The van der Waals surface area contributed by atoms with Crippen LogP contribution in [-0.2, 0) is 26.4 Å². The molecule has 125 valence electrons. The molecule has 0 atom stereocenters. The van der Waals surface area contributed by atoms with Crippen molar-refractivity contribution in [3.8, 4) is 0 Å². The van der Waals surface area contributed by atoms with Crippen molar-refractivity contribution in [3.63, 3.8) is 0 Å². The van der Waals surface area contributed by atoms with Crippen LogP contribution in [0.1, 0.15) is 11.3 Å². The average molecular weight is 391 g/mol. The van der Waals surface area contributed by atoms with Crippen LogP contribution in [0.15, 0.2) is 28.5 Å². The van der Waals surface area contributed by atoms with Crippen molar-refractivity contribution < 1.29 is 19.8 Å². The van der Waals surface area contributed by atoms with Gasteiger partial charge in [-0.25, -0.2) is 0 Å². The fourth-order valence-corrected chi connectivity index (χ4v) is 1.93. The van der Waals surface area contributed by atoms with E-state index in [4.69, 9.17) is 10.5 Å². The van der Waals surface area contributed by atoms with Gasteiger partial charge < -0.3 is 15.6 Å². The molecular formula is C13H18ClCuN5OS. The van der Waals surface area contributed by atoms with Gasteiger partial charge >= 0.3 is 25.2 Å². The zero-order valence-electron chi connectivity index (χ0n) is 12.1. The second-order valence-corrected chi connectivity index (χ2v) is 5.13. The van der Waals surface area contributed by atoms with E-state index >= 15 is 0 Å². The molecule has 0 radical (unpaired) electrons. The van der Waals surface area contributed by atoms with E-state index in [-0.39, 0.29) is 5.17 Å². The Bertz CT molecular complexity index is 480. The van der Waals surface area contributed by atoms with Crippen molar-refractivity contribution >= 4 is 33.2 Å². The number of nitrogens with zero attached hydrogens (tertiary/aromatic N) is 4. The van der Waals surface area contributed by atoms with Gasteiger partial charge in [0.2, 0.25) is 0 Å². The average Bonchev–Trinajstić information content (AvgIpc) is 2.59. The Labute approximate surface area is 147 Å². The van der Waals surface area contributed by atoms with Crippen LogP contribution in [0.5, 0.6) is 0 Å². The number of ether oxygens (including phenoxy) is 1. The molecule has 1 fully saturated rings. The number of thioether (sulfide) groups is 1. The molecule has 0 bridgehead atoms. The van der Waals surface area contributed by atoms with Crippen molar-refractivity contribution in [2.75, 3.05) is 32.6 Å². The molecule has 0 spiro atoms. The summed E-state index contributed by atoms with van der Waals surface area (Å²) in [4.78, 5) is 6.67. The summed E-state index contributed by atoms with van der Waals surface area (Å²) in [5, 5.41) is 7.72. The number of hydrogen-bond donors (Lipinski definition) is 0. The summed E-state index contributed by atoms with van der Waals surface area (Å²) in [6.45, 7) is 4.45. The zero-order chi connectivity index (χ0) is 16.2. The molecule has 9 heteroatoms. The zero-order valence-corrected chi connectivity index (χ0v) is 14.6. The van der Waals surface area contributed by atoms with Crippen LogP contribution in [0.3, 0.4) is 0 Å². The van der Waals surface area contributed by atoms with Crippen molar-refractivity contribution in [1.29, 1.82) is 0 Å². The molecule has 1 saturated heterocycles. The third kappa shape index (κ3) is 7.58. The number of hydrogen-bond acceptors (Lipinski definition) is 6. The minimum atomic E-state index is 0.185. The Morgan fingerprint density at radius 1 is 1.50 bits per heavy atom. The van der Waals surface area contributed by atoms with E-state index in [9.17, 15) is 0 Å². The van der Waals surface area contributed by atoms with Crippen molar-refractivity contribution in [3.05, 3.63) is 35.3 Å². The van der Waals surface area contributed by atoms with E-state index < -0.39 is 0 Å². The van der Waals surface area contributed by atoms with Crippen molar-refractivity contribution in [1.82, 2.24) is 9.88 Å². The van der Waals surface area contributed by atoms with Gasteiger partial charge in [0.05, 0.1) is 25.1 Å². The Hall–Kier alpha value is -0.631. The quantitative estimate of drug-likeness (QED) is 0.342. The standard InChI is InChI=1S/C13H18N5OS.ClH.Cu/c1-20-13(14)17-16-9-12-3-2-11(8-15-12)10-18-4-6-19-7-5-18;;/h2-3,8-9H,4-7,10H2,1H3,(H-,14,17);1H;/q-1;;+2/p-1/b16-9+;;. The summed E-state index contributed by atoms with van der Waals surface area (Å²) in [5.41, 5.74) is 9.25. The number of amidine groups is 1.